The predicted octanol–water partition coefficient (Wildman–Crippen LogP) is 3.71. The van der Waals surface area contributed by atoms with E-state index in [0.717, 1.165) is 36.4 Å². The van der Waals surface area contributed by atoms with Gasteiger partial charge in [0.05, 0.1) is 17.3 Å². The maximum Gasteiger partial charge on any atom is 0.410 e. The van der Waals surface area contributed by atoms with E-state index in [2.05, 4.69) is 10.5 Å². The number of ether oxygens (including phenoxy) is 1. The van der Waals surface area contributed by atoms with Gasteiger partial charge in [-0.25, -0.2) is 9.78 Å². The summed E-state index contributed by atoms with van der Waals surface area (Å²) >= 11 is 0. The number of carbonyl (C=O) groups excluding carboxylic acids is 1. The summed E-state index contributed by atoms with van der Waals surface area (Å²) in [5, 5.41) is 0. The molecule has 2 aromatic rings. The summed E-state index contributed by atoms with van der Waals surface area (Å²) in [5.74, 6) is 0.927. The molecule has 1 unspecified atom stereocenters. The molecule has 0 bridgehead atoms. The van der Waals surface area contributed by atoms with Gasteiger partial charge < -0.3 is 9.14 Å². The minimum atomic E-state index is -0.477. The molecule has 0 saturated carbocycles. The number of imidazole rings is 1. The lowest BCUT2D eigenvalue weighted by atomic mass is 10.2. The molecule has 0 aromatic carbocycles. The second kappa shape index (κ2) is 5.30. The van der Waals surface area contributed by atoms with E-state index in [4.69, 9.17) is 9.72 Å². The van der Waals surface area contributed by atoms with E-state index >= 15 is 0 Å². The van der Waals surface area contributed by atoms with E-state index in [1.54, 1.807) is 0 Å². The summed E-state index contributed by atoms with van der Waals surface area (Å²) in [5.41, 5.74) is 1.61. The van der Waals surface area contributed by atoms with Crippen molar-refractivity contribution < 1.29 is 9.53 Å². The Morgan fingerprint density at radius 3 is 2.86 bits per heavy atom. The van der Waals surface area contributed by atoms with Gasteiger partial charge in [0.25, 0.3) is 0 Å². The minimum Gasteiger partial charge on any atom is -0.444 e. The van der Waals surface area contributed by atoms with Crippen LogP contribution in [-0.2, 0) is 4.74 Å². The maximum absolute atomic E-state index is 12.5. The third-order valence-corrected chi connectivity index (χ3v) is 3.94. The molecule has 0 spiro atoms. The normalized spacial score (nSPS) is 18.9. The summed E-state index contributed by atoms with van der Waals surface area (Å²) in [6.07, 6.45) is 3.66. The van der Waals surface area contributed by atoms with Crippen molar-refractivity contribution in [1.29, 1.82) is 0 Å². The van der Waals surface area contributed by atoms with Gasteiger partial charge in [0, 0.05) is 12.7 Å². The highest BCUT2D eigenvalue weighted by Crippen LogP contribution is 2.33. The van der Waals surface area contributed by atoms with Gasteiger partial charge in [-0.05, 0) is 52.7 Å². The van der Waals surface area contributed by atoms with Crippen molar-refractivity contribution >= 4 is 11.6 Å². The molecule has 22 heavy (non-hydrogen) atoms. The summed E-state index contributed by atoms with van der Waals surface area (Å²) < 4.78 is 7.63. The van der Waals surface area contributed by atoms with Crippen LogP contribution in [0.25, 0.3) is 5.52 Å². The molecule has 1 atom stereocenters. The summed E-state index contributed by atoms with van der Waals surface area (Å²) in [6.45, 7) is 8.41. The molecule has 1 amide bonds. The Bertz CT molecular complexity index is 699. The molecule has 1 aliphatic rings. The first kappa shape index (κ1) is 14.9. The number of pyridine rings is 1. The number of carbonyl (C=O) groups is 1. The molecule has 2 aromatic heterocycles. The van der Waals surface area contributed by atoms with Crippen LogP contribution in [-0.4, -0.2) is 32.5 Å². The van der Waals surface area contributed by atoms with Crippen molar-refractivity contribution in [3.05, 3.63) is 35.9 Å². The third kappa shape index (κ3) is 2.67. The van der Waals surface area contributed by atoms with E-state index in [0.29, 0.717) is 0 Å². The van der Waals surface area contributed by atoms with Gasteiger partial charge in [-0.15, -0.1) is 0 Å². The topological polar surface area (TPSA) is 46.8 Å². The van der Waals surface area contributed by atoms with Crippen LogP contribution in [0.1, 0.15) is 51.2 Å². The molecule has 3 heterocycles. The predicted molar refractivity (Wildman–Crippen MR) is 84.8 cm³/mol. The molecule has 5 nitrogen and oxygen atoms in total. The van der Waals surface area contributed by atoms with Crippen molar-refractivity contribution in [2.24, 2.45) is 0 Å². The molecule has 1 aliphatic heterocycles. The number of amides is 1. The van der Waals surface area contributed by atoms with Crippen LogP contribution in [0.3, 0.4) is 0 Å². The van der Waals surface area contributed by atoms with Gasteiger partial charge in [-0.3, -0.25) is 4.90 Å². The van der Waals surface area contributed by atoms with E-state index in [-0.39, 0.29) is 12.1 Å². The first-order valence-electron chi connectivity index (χ1n) is 7.80. The van der Waals surface area contributed by atoms with Crippen LogP contribution in [0.2, 0.25) is 0 Å². The molecule has 0 aliphatic carbocycles. The Hall–Kier alpha value is -2.04. The second-order valence-corrected chi connectivity index (χ2v) is 6.84. The summed E-state index contributed by atoms with van der Waals surface area (Å²) in [6, 6.07) is 6.04. The highest BCUT2D eigenvalue weighted by molar-refractivity contribution is 5.69. The number of fused-ring (bicyclic) bond motifs is 1. The fraction of sp³-hybridized carbons (Fsp3) is 0.529. The monoisotopic (exact) mass is 301 g/mol. The van der Waals surface area contributed by atoms with Gasteiger partial charge in [-0.1, -0.05) is 6.07 Å². The standard InChI is InChI=1S/C17H23N3O2/c1-12-13-8-5-6-10-19(13)15(18-12)14-9-7-11-20(14)16(21)22-17(2,3)4/h5-6,8,10,14H,7,9,11H2,1-4H3. The molecule has 1 fully saturated rings. The zero-order valence-electron chi connectivity index (χ0n) is 13.7. The zero-order chi connectivity index (χ0) is 15.9. The highest BCUT2D eigenvalue weighted by atomic mass is 16.6. The Morgan fingerprint density at radius 1 is 1.36 bits per heavy atom. The molecular formula is C17H23N3O2. The molecule has 1 saturated heterocycles. The van der Waals surface area contributed by atoms with Crippen molar-refractivity contribution in [1.82, 2.24) is 14.3 Å². The van der Waals surface area contributed by atoms with Crippen LogP contribution in [0.5, 0.6) is 0 Å². The summed E-state index contributed by atoms with van der Waals surface area (Å²) in [7, 11) is 0. The lowest BCUT2D eigenvalue weighted by Gasteiger charge is -2.28. The quantitative estimate of drug-likeness (QED) is 0.806. The fourth-order valence-corrected chi connectivity index (χ4v) is 3.03. The number of aryl methyl sites for hydroxylation is 1. The van der Waals surface area contributed by atoms with E-state index < -0.39 is 5.60 Å². The Kier molecular flexibility index (Phi) is 3.59. The average Bonchev–Trinajstić information content (AvgIpc) is 3.02. The van der Waals surface area contributed by atoms with Crippen molar-refractivity contribution in [2.45, 2.75) is 52.2 Å². The SMILES string of the molecule is Cc1nc(C2CCCN2C(=O)OC(C)(C)C)n2ccccc12. The van der Waals surface area contributed by atoms with Crippen molar-refractivity contribution in [2.75, 3.05) is 6.54 Å². The van der Waals surface area contributed by atoms with Gasteiger partial charge in [0.1, 0.15) is 11.4 Å². The molecule has 3 rings (SSSR count). The van der Waals surface area contributed by atoms with Gasteiger partial charge in [-0.2, -0.15) is 0 Å². The number of nitrogens with zero attached hydrogens (tertiary/aromatic N) is 3. The number of aromatic nitrogens is 2. The first-order valence-corrected chi connectivity index (χ1v) is 7.80. The third-order valence-electron chi connectivity index (χ3n) is 3.94. The average molecular weight is 301 g/mol. The molecular weight excluding hydrogens is 278 g/mol. The maximum atomic E-state index is 12.5. The lowest BCUT2D eigenvalue weighted by molar-refractivity contribution is 0.0218. The lowest BCUT2D eigenvalue weighted by Crippen LogP contribution is -2.36. The minimum absolute atomic E-state index is 0.0153. The molecule has 118 valence electrons. The number of hydrogen-bond donors (Lipinski definition) is 0. The van der Waals surface area contributed by atoms with Crippen molar-refractivity contribution in [3.8, 4) is 0 Å². The molecule has 5 heteroatoms. The Labute approximate surface area is 130 Å². The largest absolute Gasteiger partial charge is 0.444 e. The van der Waals surface area contributed by atoms with Gasteiger partial charge in [0.15, 0.2) is 0 Å². The van der Waals surface area contributed by atoms with Crippen LogP contribution in [0.4, 0.5) is 4.79 Å². The van der Waals surface area contributed by atoms with E-state index in [1.165, 1.54) is 0 Å². The van der Waals surface area contributed by atoms with E-state index in [1.807, 2.05) is 50.9 Å². The second-order valence-electron chi connectivity index (χ2n) is 6.84. The van der Waals surface area contributed by atoms with Gasteiger partial charge in [0.2, 0.25) is 0 Å². The van der Waals surface area contributed by atoms with Crippen LogP contribution in [0.15, 0.2) is 24.4 Å². The molecule has 0 N–H and O–H groups in total. The fourth-order valence-electron chi connectivity index (χ4n) is 3.03. The zero-order valence-corrected chi connectivity index (χ0v) is 13.7. The Morgan fingerprint density at radius 2 is 2.14 bits per heavy atom. The van der Waals surface area contributed by atoms with Crippen LogP contribution in [0, 0.1) is 6.92 Å². The molecule has 0 radical (unpaired) electrons. The van der Waals surface area contributed by atoms with Crippen LogP contribution >= 0.6 is 0 Å². The van der Waals surface area contributed by atoms with Gasteiger partial charge >= 0.3 is 6.09 Å². The van der Waals surface area contributed by atoms with Crippen LogP contribution < -0.4 is 0 Å². The first-order chi connectivity index (χ1) is 10.4. The number of rotatable bonds is 1. The summed E-state index contributed by atoms with van der Waals surface area (Å²) in [4.78, 5) is 19.0. The number of hydrogen-bond acceptors (Lipinski definition) is 3. The van der Waals surface area contributed by atoms with E-state index in [9.17, 15) is 4.79 Å². The number of likely N-dealkylation sites (tertiary alicyclic amines) is 1. The van der Waals surface area contributed by atoms with Crippen molar-refractivity contribution in [3.63, 3.8) is 0 Å². The smallest absolute Gasteiger partial charge is 0.410 e. The Balaban J connectivity index is 1.94. The highest BCUT2D eigenvalue weighted by Gasteiger charge is 2.35.